The first kappa shape index (κ1) is 16.8. The molecule has 118 valence electrons. The maximum atomic E-state index is 12.8. The third kappa shape index (κ3) is 4.22. The Hall–Kier alpha value is -1.56. The third-order valence-electron chi connectivity index (χ3n) is 3.27. The second-order valence-electron chi connectivity index (χ2n) is 4.84. The van der Waals surface area contributed by atoms with Crippen LogP contribution in [0.1, 0.15) is 22.7 Å². The molecule has 0 heterocycles. The fourth-order valence-corrected chi connectivity index (χ4v) is 2.34. The molecule has 2 aromatic carbocycles. The molecule has 0 amide bonds. The Morgan fingerprint density at radius 2 is 1.77 bits per heavy atom. The van der Waals surface area contributed by atoms with E-state index in [0.717, 1.165) is 11.6 Å². The standard InChI is InChI=1S/C16H15ClF3NO/c17-14-7-6-11(8-13(14)16(18,19)20)9-21-15(10-22)12-4-2-1-3-5-12/h1-8,15,21-22H,9-10H2/t15-/m1/s1. The van der Waals surface area contributed by atoms with Crippen LogP contribution in [0.4, 0.5) is 13.2 Å². The van der Waals surface area contributed by atoms with Crippen molar-refractivity contribution in [2.75, 3.05) is 6.61 Å². The molecule has 0 aliphatic rings. The van der Waals surface area contributed by atoms with E-state index in [4.69, 9.17) is 11.6 Å². The van der Waals surface area contributed by atoms with Crippen molar-refractivity contribution in [3.63, 3.8) is 0 Å². The minimum absolute atomic E-state index is 0.149. The van der Waals surface area contributed by atoms with Gasteiger partial charge in [0.2, 0.25) is 0 Å². The van der Waals surface area contributed by atoms with E-state index in [1.165, 1.54) is 12.1 Å². The molecule has 0 fully saturated rings. The highest BCUT2D eigenvalue weighted by atomic mass is 35.5. The zero-order valence-corrected chi connectivity index (χ0v) is 12.3. The smallest absolute Gasteiger partial charge is 0.394 e. The maximum Gasteiger partial charge on any atom is 0.417 e. The maximum absolute atomic E-state index is 12.8. The fourth-order valence-electron chi connectivity index (χ4n) is 2.11. The first-order valence-electron chi connectivity index (χ1n) is 6.66. The monoisotopic (exact) mass is 329 g/mol. The van der Waals surface area contributed by atoms with E-state index in [1.54, 1.807) is 0 Å². The number of nitrogens with one attached hydrogen (secondary N) is 1. The van der Waals surface area contributed by atoms with Crippen molar-refractivity contribution in [2.45, 2.75) is 18.8 Å². The van der Waals surface area contributed by atoms with E-state index in [0.29, 0.717) is 5.56 Å². The summed E-state index contributed by atoms with van der Waals surface area (Å²) < 4.78 is 38.4. The summed E-state index contributed by atoms with van der Waals surface area (Å²) in [6.45, 7) is 0.0457. The van der Waals surface area contributed by atoms with Crippen LogP contribution in [0.3, 0.4) is 0 Å². The van der Waals surface area contributed by atoms with Gasteiger partial charge in [0.1, 0.15) is 0 Å². The zero-order chi connectivity index (χ0) is 16.2. The number of hydrogen-bond donors (Lipinski definition) is 2. The van der Waals surface area contributed by atoms with Gasteiger partial charge in [0.25, 0.3) is 0 Å². The lowest BCUT2D eigenvalue weighted by molar-refractivity contribution is -0.137. The molecular weight excluding hydrogens is 315 g/mol. The second-order valence-corrected chi connectivity index (χ2v) is 5.25. The molecule has 2 rings (SSSR count). The van der Waals surface area contributed by atoms with Crippen molar-refractivity contribution in [3.05, 3.63) is 70.2 Å². The molecule has 0 bridgehead atoms. The highest BCUT2D eigenvalue weighted by molar-refractivity contribution is 6.31. The fraction of sp³-hybridized carbons (Fsp3) is 0.250. The lowest BCUT2D eigenvalue weighted by Crippen LogP contribution is -2.24. The molecule has 0 saturated carbocycles. The molecule has 2 nitrogen and oxygen atoms in total. The highest BCUT2D eigenvalue weighted by Gasteiger charge is 2.33. The van der Waals surface area contributed by atoms with Gasteiger partial charge in [-0.15, -0.1) is 0 Å². The summed E-state index contributed by atoms with van der Waals surface area (Å²) in [6, 6.07) is 12.7. The number of halogens is 4. The zero-order valence-electron chi connectivity index (χ0n) is 11.6. The topological polar surface area (TPSA) is 32.3 Å². The molecule has 0 spiro atoms. The predicted octanol–water partition coefficient (Wildman–Crippen LogP) is 4.18. The van der Waals surface area contributed by atoms with Gasteiger partial charge in [0.05, 0.1) is 23.2 Å². The van der Waals surface area contributed by atoms with Crippen molar-refractivity contribution < 1.29 is 18.3 Å². The molecule has 0 radical (unpaired) electrons. The van der Waals surface area contributed by atoms with Crippen molar-refractivity contribution in [1.29, 1.82) is 0 Å². The summed E-state index contributed by atoms with van der Waals surface area (Å²) in [6.07, 6.45) is -4.48. The number of rotatable bonds is 5. The number of aliphatic hydroxyl groups excluding tert-OH is 1. The van der Waals surface area contributed by atoms with Crippen LogP contribution in [0.2, 0.25) is 5.02 Å². The van der Waals surface area contributed by atoms with Crippen LogP contribution in [0.15, 0.2) is 48.5 Å². The Kier molecular flexibility index (Phi) is 5.45. The summed E-state index contributed by atoms with van der Waals surface area (Å²) in [5, 5.41) is 12.1. The summed E-state index contributed by atoms with van der Waals surface area (Å²) in [4.78, 5) is 0. The van der Waals surface area contributed by atoms with Crippen LogP contribution >= 0.6 is 11.6 Å². The largest absolute Gasteiger partial charge is 0.417 e. The molecule has 0 aliphatic carbocycles. The van der Waals surface area contributed by atoms with E-state index >= 15 is 0 Å². The van der Waals surface area contributed by atoms with E-state index in [2.05, 4.69) is 5.32 Å². The van der Waals surface area contributed by atoms with Gasteiger partial charge in [-0.2, -0.15) is 13.2 Å². The minimum atomic E-state index is -4.48. The average Bonchev–Trinajstić information content (AvgIpc) is 2.49. The van der Waals surface area contributed by atoms with Gasteiger partial charge >= 0.3 is 6.18 Å². The molecule has 0 aliphatic heterocycles. The Morgan fingerprint density at radius 3 is 2.36 bits per heavy atom. The summed E-state index contributed by atoms with van der Waals surface area (Å²) >= 11 is 5.59. The van der Waals surface area contributed by atoms with Crippen molar-refractivity contribution in [1.82, 2.24) is 5.32 Å². The normalized spacial score (nSPS) is 13.1. The van der Waals surface area contributed by atoms with Crippen molar-refractivity contribution in [3.8, 4) is 0 Å². The number of alkyl halides is 3. The van der Waals surface area contributed by atoms with Crippen LogP contribution in [-0.2, 0) is 12.7 Å². The molecule has 2 N–H and O–H groups in total. The van der Waals surface area contributed by atoms with Crippen molar-refractivity contribution in [2.24, 2.45) is 0 Å². The van der Waals surface area contributed by atoms with Gasteiger partial charge in [0.15, 0.2) is 0 Å². The Bertz CT molecular complexity index is 617. The lowest BCUT2D eigenvalue weighted by Gasteiger charge is -2.17. The van der Waals surface area contributed by atoms with Crippen LogP contribution < -0.4 is 5.32 Å². The molecule has 22 heavy (non-hydrogen) atoms. The third-order valence-corrected chi connectivity index (χ3v) is 3.60. The lowest BCUT2D eigenvalue weighted by atomic mass is 10.1. The van der Waals surface area contributed by atoms with Crippen LogP contribution in [-0.4, -0.2) is 11.7 Å². The van der Waals surface area contributed by atoms with E-state index < -0.39 is 11.7 Å². The van der Waals surface area contributed by atoms with Gasteiger partial charge in [-0.3, -0.25) is 0 Å². The van der Waals surface area contributed by atoms with Crippen LogP contribution in [0.5, 0.6) is 0 Å². The second kappa shape index (κ2) is 7.13. The number of benzene rings is 2. The molecule has 0 saturated heterocycles. The molecule has 1 atom stereocenters. The van der Waals surface area contributed by atoms with Crippen LogP contribution in [0, 0.1) is 0 Å². The predicted molar refractivity (Wildman–Crippen MR) is 79.6 cm³/mol. The number of aliphatic hydroxyl groups is 1. The Balaban J connectivity index is 2.11. The SMILES string of the molecule is OC[C@@H](NCc1ccc(Cl)c(C(F)(F)F)c1)c1ccccc1. The van der Waals surface area contributed by atoms with Gasteiger partial charge in [-0.05, 0) is 23.3 Å². The quantitative estimate of drug-likeness (QED) is 0.862. The summed E-state index contributed by atoms with van der Waals surface area (Å²) in [7, 11) is 0. The van der Waals surface area contributed by atoms with Gasteiger partial charge < -0.3 is 10.4 Å². The first-order chi connectivity index (χ1) is 10.4. The first-order valence-corrected chi connectivity index (χ1v) is 7.04. The number of hydrogen-bond acceptors (Lipinski definition) is 2. The Morgan fingerprint density at radius 1 is 1.09 bits per heavy atom. The molecule has 0 aromatic heterocycles. The molecule has 6 heteroatoms. The van der Waals surface area contributed by atoms with E-state index in [-0.39, 0.29) is 24.2 Å². The van der Waals surface area contributed by atoms with Crippen LogP contribution in [0.25, 0.3) is 0 Å². The molecule has 2 aromatic rings. The van der Waals surface area contributed by atoms with Gasteiger partial charge in [-0.1, -0.05) is 48.0 Å². The minimum Gasteiger partial charge on any atom is -0.394 e. The Labute approximate surface area is 131 Å². The molecular formula is C16H15ClF3NO. The summed E-state index contributed by atoms with van der Waals surface area (Å²) in [5.74, 6) is 0. The van der Waals surface area contributed by atoms with E-state index in [1.807, 2.05) is 30.3 Å². The van der Waals surface area contributed by atoms with E-state index in [9.17, 15) is 18.3 Å². The summed E-state index contributed by atoms with van der Waals surface area (Å²) in [5.41, 5.74) is 0.467. The highest BCUT2D eigenvalue weighted by Crippen LogP contribution is 2.35. The van der Waals surface area contributed by atoms with Gasteiger partial charge in [0, 0.05) is 6.54 Å². The van der Waals surface area contributed by atoms with Gasteiger partial charge in [-0.25, -0.2) is 0 Å². The average molecular weight is 330 g/mol. The van der Waals surface area contributed by atoms with Crippen molar-refractivity contribution >= 4 is 11.6 Å². The molecule has 0 unspecified atom stereocenters.